The second-order valence-corrected chi connectivity index (χ2v) is 5.61. The van der Waals surface area contributed by atoms with Crippen LogP contribution in [-0.4, -0.2) is 0 Å². The molecule has 0 fully saturated rings. The molecule has 1 unspecified atom stereocenters. The Morgan fingerprint density at radius 2 is 1.71 bits per heavy atom. The van der Waals surface area contributed by atoms with Crippen LogP contribution in [0, 0.1) is 20.8 Å². The Kier molecular flexibility index (Phi) is 3.64. The maximum atomic E-state index is 5.81. The van der Waals surface area contributed by atoms with E-state index < -0.39 is 0 Å². The predicted molar refractivity (Wildman–Crippen MR) is 75.1 cm³/mol. The number of aryl methyl sites for hydroxylation is 3. The van der Waals surface area contributed by atoms with Gasteiger partial charge in [0.25, 0.3) is 0 Å². The first-order valence-electron chi connectivity index (χ1n) is 5.46. The van der Waals surface area contributed by atoms with Crippen LogP contribution in [0.4, 0.5) is 0 Å². The van der Waals surface area contributed by atoms with Crippen LogP contribution in [0.15, 0.2) is 28.7 Å². The first kappa shape index (κ1) is 12.7. The van der Waals surface area contributed by atoms with Crippen LogP contribution in [0.2, 0.25) is 5.22 Å². The number of halogens is 2. The molecule has 0 aliphatic carbocycles. The molecule has 2 rings (SSSR count). The Labute approximate surface area is 115 Å². The van der Waals surface area contributed by atoms with E-state index in [9.17, 15) is 0 Å². The summed E-state index contributed by atoms with van der Waals surface area (Å²) in [6.45, 7) is 6.35. The predicted octanol–water partition coefficient (Wildman–Crippen LogP) is 5.34. The molecule has 17 heavy (non-hydrogen) atoms. The van der Waals surface area contributed by atoms with Crippen molar-refractivity contribution >= 4 is 27.5 Å². The second-order valence-electron chi connectivity index (χ2n) is 4.32. The molecule has 0 bridgehead atoms. The number of rotatable bonds is 2. The van der Waals surface area contributed by atoms with Gasteiger partial charge in [-0.3, -0.25) is 0 Å². The fourth-order valence-electron chi connectivity index (χ4n) is 2.20. The fraction of sp³-hybridized carbons (Fsp3) is 0.286. The maximum absolute atomic E-state index is 5.81. The summed E-state index contributed by atoms with van der Waals surface area (Å²) in [7, 11) is 0. The van der Waals surface area contributed by atoms with Gasteiger partial charge in [0, 0.05) is 0 Å². The molecule has 3 heteroatoms. The van der Waals surface area contributed by atoms with Crippen LogP contribution in [0.5, 0.6) is 0 Å². The van der Waals surface area contributed by atoms with E-state index in [1.165, 1.54) is 22.3 Å². The molecule has 2 aromatic rings. The lowest BCUT2D eigenvalue weighted by Gasteiger charge is -2.15. The van der Waals surface area contributed by atoms with E-state index in [0.717, 1.165) is 5.76 Å². The van der Waals surface area contributed by atoms with Gasteiger partial charge in [0.1, 0.15) is 5.76 Å². The summed E-state index contributed by atoms with van der Waals surface area (Å²) in [5.41, 5.74) is 5.05. The Hall–Kier alpha value is -0.730. The molecular weight excluding hydrogens is 300 g/mol. The van der Waals surface area contributed by atoms with E-state index in [1.54, 1.807) is 6.07 Å². The molecule has 0 radical (unpaired) electrons. The van der Waals surface area contributed by atoms with Crippen LogP contribution in [0.25, 0.3) is 0 Å². The average Bonchev–Trinajstić information content (AvgIpc) is 2.63. The van der Waals surface area contributed by atoms with Gasteiger partial charge < -0.3 is 4.42 Å². The van der Waals surface area contributed by atoms with E-state index in [0.29, 0.717) is 5.22 Å². The Balaban J connectivity index is 2.47. The molecule has 1 heterocycles. The average molecular weight is 314 g/mol. The summed E-state index contributed by atoms with van der Waals surface area (Å²) in [4.78, 5) is 0.0515. The molecule has 0 aliphatic heterocycles. The normalized spacial score (nSPS) is 12.8. The van der Waals surface area contributed by atoms with Gasteiger partial charge in [-0.25, -0.2) is 0 Å². The topological polar surface area (TPSA) is 13.1 Å². The number of alkyl halides is 1. The number of hydrogen-bond donors (Lipinski definition) is 0. The van der Waals surface area contributed by atoms with Gasteiger partial charge in [0.15, 0.2) is 5.22 Å². The first-order chi connectivity index (χ1) is 7.99. The highest BCUT2D eigenvalue weighted by atomic mass is 79.9. The number of benzene rings is 1. The van der Waals surface area contributed by atoms with Gasteiger partial charge in [-0.15, -0.1) is 0 Å². The van der Waals surface area contributed by atoms with E-state index in [-0.39, 0.29) is 4.83 Å². The molecule has 0 N–H and O–H groups in total. The molecule has 0 saturated carbocycles. The summed E-state index contributed by atoms with van der Waals surface area (Å²) in [6.07, 6.45) is 0. The van der Waals surface area contributed by atoms with Crippen LogP contribution in [0.1, 0.15) is 32.8 Å². The van der Waals surface area contributed by atoms with Crippen LogP contribution < -0.4 is 0 Å². The lowest BCUT2D eigenvalue weighted by atomic mass is 9.96. The number of furan rings is 1. The van der Waals surface area contributed by atoms with Crippen LogP contribution >= 0.6 is 27.5 Å². The van der Waals surface area contributed by atoms with E-state index in [4.69, 9.17) is 16.0 Å². The zero-order chi connectivity index (χ0) is 12.6. The van der Waals surface area contributed by atoms with Crippen molar-refractivity contribution in [3.05, 3.63) is 57.5 Å². The third-order valence-corrected chi connectivity index (χ3v) is 3.95. The summed E-state index contributed by atoms with van der Waals surface area (Å²) in [5.74, 6) is 0.838. The lowest BCUT2D eigenvalue weighted by Crippen LogP contribution is -1.99. The highest BCUT2D eigenvalue weighted by Crippen LogP contribution is 2.36. The molecule has 1 aromatic carbocycles. The molecule has 1 nitrogen and oxygen atoms in total. The molecule has 0 spiro atoms. The minimum atomic E-state index is 0.0515. The minimum Gasteiger partial charge on any atom is -0.448 e. The lowest BCUT2D eigenvalue weighted by molar-refractivity contribution is 0.521. The van der Waals surface area contributed by atoms with Gasteiger partial charge in [-0.1, -0.05) is 33.6 Å². The Morgan fingerprint density at radius 3 is 2.18 bits per heavy atom. The SMILES string of the molecule is Cc1cc(C)c(C(Br)c2ccc(Cl)o2)c(C)c1. The summed E-state index contributed by atoms with van der Waals surface area (Å²) in [5, 5.41) is 0.423. The van der Waals surface area contributed by atoms with Crippen molar-refractivity contribution in [2.75, 3.05) is 0 Å². The molecule has 0 amide bonds. The van der Waals surface area contributed by atoms with Gasteiger partial charge in [-0.2, -0.15) is 0 Å². The summed E-state index contributed by atoms with van der Waals surface area (Å²) >= 11 is 9.49. The van der Waals surface area contributed by atoms with Crippen molar-refractivity contribution in [2.24, 2.45) is 0 Å². The van der Waals surface area contributed by atoms with Crippen LogP contribution in [-0.2, 0) is 0 Å². The van der Waals surface area contributed by atoms with Crippen molar-refractivity contribution in [3.8, 4) is 0 Å². The smallest absolute Gasteiger partial charge is 0.193 e. The number of hydrogen-bond acceptors (Lipinski definition) is 1. The van der Waals surface area contributed by atoms with E-state index in [1.807, 2.05) is 6.07 Å². The molecule has 90 valence electrons. The zero-order valence-electron chi connectivity index (χ0n) is 10.1. The van der Waals surface area contributed by atoms with Gasteiger partial charge >= 0.3 is 0 Å². The highest BCUT2D eigenvalue weighted by Gasteiger charge is 2.18. The molecule has 1 aromatic heterocycles. The van der Waals surface area contributed by atoms with Crippen LogP contribution in [0.3, 0.4) is 0 Å². The second kappa shape index (κ2) is 4.87. The summed E-state index contributed by atoms with van der Waals surface area (Å²) < 4.78 is 5.46. The van der Waals surface area contributed by atoms with Crippen molar-refractivity contribution in [1.82, 2.24) is 0 Å². The standard InChI is InChI=1S/C14H14BrClO/c1-8-6-9(2)13(10(3)7-8)14(15)11-4-5-12(16)17-11/h4-7,14H,1-3H3. The fourth-order valence-corrected chi connectivity index (χ4v) is 3.32. The third kappa shape index (κ3) is 2.58. The quantitative estimate of drug-likeness (QED) is 0.682. The van der Waals surface area contributed by atoms with Gasteiger partial charge in [0.2, 0.25) is 0 Å². The Morgan fingerprint density at radius 1 is 1.12 bits per heavy atom. The molecule has 1 atom stereocenters. The monoisotopic (exact) mass is 312 g/mol. The highest BCUT2D eigenvalue weighted by molar-refractivity contribution is 9.09. The van der Waals surface area contributed by atoms with Crippen molar-refractivity contribution < 1.29 is 4.42 Å². The summed E-state index contributed by atoms with van der Waals surface area (Å²) in [6, 6.07) is 8.03. The van der Waals surface area contributed by atoms with Gasteiger partial charge in [-0.05, 0) is 61.2 Å². The first-order valence-corrected chi connectivity index (χ1v) is 6.75. The Bertz CT molecular complexity index is 522. The maximum Gasteiger partial charge on any atom is 0.193 e. The van der Waals surface area contributed by atoms with E-state index in [2.05, 4.69) is 48.8 Å². The largest absolute Gasteiger partial charge is 0.448 e. The minimum absolute atomic E-state index is 0.0515. The van der Waals surface area contributed by atoms with Crippen molar-refractivity contribution in [3.63, 3.8) is 0 Å². The van der Waals surface area contributed by atoms with Gasteiger partial charge in [0.05, 0.1) is 4.83 Å². The third-order valence-electron chi connectivity index (χ3n) is 2.84. The van der Waals surface area contributed by atoms with E-state index >= 15 is 0 Å². The molecule has 0 saturated heterocycles. The zero-order valence-corrected chi connectivity index (χ0v) is 12.4. The van der Waals surface area contributed by atoms with Crippen molar-refractivity contribution in [2.45, 2.75) is 25.6 Å². The molecular formula is C14H14BrClO. The van der Waals surface area contributed by atoms with Crippen molar-refractivity contribution in [1.29, 1.82) is 0 Å². The molecule has 0 aliphatic rings.